The van der Waals surface area contributed by atoms with Crippen LogP contribution in [-0.2, 0) is 16.1 Å². The predicted molar refractivity (Wildman–Crippen MR) is 91.8 cm³/mol. The number of furan rings is 1. The zero-order valence-corrected chi connectivity index (χ0v) is 14.6. The van der Waals surface area contributed by atoms with Crippen LogP contribution in [0.3, 0.4) is 0 Å². The number of benzene rings is 1. The fourth-order valence-electron chi connectivity index (χ4n) is 2.93. The molecule has 2 aromatic rings. The molecule has 0 spiro atoms. The van der Waals surface area contributed by atoms with Crippen molar-refractivity contribution in [1.29, 1.82) is 0 Å². The lowest BCUT2D eigenvalue weighted by atomic mass is 10.1. The molecule has 0 saturated carbocycles. The predicted octanol–water partition coefficient (Wildman–Crippen LogP) is 2.30. The Bertz CT molecular complexity index is 745. The highest BCUT2D eigenvalue weighted by Gasteiger charge is 2.35. The number of hydrogen-bond donors (Lipinski definition) is 0. The summed E-state index contributed by atoms with van der Waals surface area (Å²) in [7, 11) is 1.69. The van der Waals surface area contributed by atoms with Gasteiger partial charge in [0.15, 0.2) is 0 Å². The third kappa shape index (κ3) is 4.41. The van der Waals surface area contributed by atoms with Crippen molar-refractivity contribution in [1.82, 2.24) is 9.80 Å². The Labute approximate surface area is 151 Å². The van der Waals surface area contributed by atoms with Gasteiger partial charge in [-0.2, -0.15) is 0 Å². The molecule has 1 aliphatic heterocycles. The number of carbonyl (C=O) groups excluding carboxylic acids is 2. The van der Waals surface area contributed by atoms with Gasteiger partial charge in [0.2, 0.25) is 11.8 Å². The van der Waals surface area contributed by atoms with E-state index < -0.39 is 0 Å². The van der Waals surface area contributed by atoms with Gasteiger partial charge in [-0.05, 0) is 36.4 Å². The second kappa shape index (κ2) is 8.03. The molecular weight excluding hydrogens is 339 g/mol. The SMILES string of the molecule is CN(CCOc1ccc(F)cc1)C(=O)[C@@H]1CC(=O)N(Cc2ccco2)C1. The van der Waals surface area contributed by atoms with Gasteiger partial charge in [0.05, 0.1) is 25.3 Å². The Morgan fingerprint density at radius 1 is 1.35 bits per heavy atom. The lowest BCUT2D eigenvalue weighted by molar-refractivity contribution is -0.134. The first-order valence-electron chi connectivity index (χ1n) is 8.46. The van der Waals surface area contributed by atoms with Crippen LogP contribution in [0.15, 0.2) is 47.1 Å². The first-order valence-corrected chi connectivity index (χ1v) is 8.46. The Hall–Kier alpha value is -2.83. The maximum Gasteiger partial charge on any atom is 0.227 e. The van der Waals surface area contributed by atoms with Crippen molar-refractivity contribution in [3.8, 4) is 5.75 Å². The molecule has 7 heteroatoms. The summed E-state index contributed by atoms with van der Waals surface area (Å²) in [6.07, 6.45) is 1.77. The van der Waals surface area contributed by atoms with Crippen molar-refractivity contribution in [2.24, 2.45) is 5.92 Å². The number of ether oxygens (including phenoxy) is 1. The maximum atomic E-state index is 12.9. The van der Waals surface area contributed by atoms with Crippen LogP contribution in [0.25, 0.3) is 0 Å². The number of likely N-dealkylation sites (tertiary alicyclic amines) is 1. The Kier molecular flexibility index (Phi) is 5.55. The molecule has 6 nitrogen and oxygen atoms in total. The first-order chi connectivity index (χ1) is 12.5. The van der Waals surface area contributed by atoms with Crippen LogP contribution >= 0.6 is 0 Å². The van der Waals surface area contributed by atoms with E-state index in [-0.39, 0.29) is 30.0 Å². The van der Waals surface area contributed by atoms with Crippen molar-refractivity contribution in [2.75, 3.05) is 26.7 Å². The minimum atomic E-state index is -0.353. The highest BCUT2D eigenvalue weighted by Crippen LogP contribution is 2.22. The molecule has 138 valence electrons. The van der Waals surface area contributed by atoms with Crippen LogP contribution in [0.4, 0.5) is 4.39 Å². The van der Waals surface area contributed by atoms with E-state index in [2.05, 4.69) is 0 Å². The van der Waals surface area contributed by atoms with Gasteiger partial charge in [-0.3, -0.25) is 9.59 Å². The molecule has 1 fully saturated rings. The minimum Gasteiger partial charge on any atom is -0.492 e. The molecule has 0 radical (unpaired) electrons. The van der Waals surface area contributed by atoms with Crippen molar-refractivity contribution >= 4 is 11.8 Å². The fraction of sp³-hybridized carbons (Fsp3) is 0.368. The van der Waals surface area contributed by atoms with Crippen molar-refractivity contribution < 1.29 is 23.1 Å². The molecule has 0 aliphatic carbocycles. The van der Waals surface area contributed by atoms with Crippen LogP contribution in [0.5, 0.6) is 5.75 Å². The molecular formula is C19H21FN2O4. The highest BCUT2D eigenvalue weighted by molar-refractivity contribution is 5.89. The molecule has 1 aliphatic rings. The quantitative estimate of drug-likeness (QED) is 0.760. The van der Waals surface area contributed by atoms with Crippen LogP contribution in [-0.4, -0.2) is 48.4 Å². The molecule has 3 rings (SSSR count). The van der Waals surface area contributed by atoms with Crippen LogP contribution in [0, 0.1) is 11.7 Å². The van der Waals surface area contributed by atoms with Gasteiger partial charge in [-0.1, -0.05) is 0 Å². The van der Waals surface area contributed by atoms with E-state index >= 15 is 0 Å². The number of nitrogens with zero attached hydrogens (tertiary/aromatic N) is 2. The molecule has 0 bridgehead atoms. The van der Waals surface area contributed by atoms with Gasteiger partial charge in [-0.15, -0.1) is 0 Å². The summed E-state index contributed by atoms with van der Waals surface area (Å²) in [6, 6.07) is 9.30. The van der Waals surface area contributed by atoms with E-state index in [1.807, 2.05) is 0 Å². The lowest BCUT2D eigenvalue weighted by Gasteiger charge is -2.21. The highest BCUT2D eigenvalue weighted by atomic mass is 19.1. The van der Waals surface area contributed by atoms with Crippen molar-refractivity contribution in [3.63, 3.8) is 0 Å². The van der Waals surface area contributed by atoms with Crippen molar-refractivity contribution in [3.05, 3.63) is 54.2 Å². The molecule has 1 saturated heterocycles. The molecule has 1 aromatic carbocycles. The first kappa shape index (κ1) is 18.0. The molecule has 1 aromatic heterocycles. The van der Waals surface area contributed by atoms with Crippen LogP contribution in [0.2, 0.25) is 0 Å². The van der Waals surface area contributed by atoms with E-state index in [0.29, 0.717) is 37.8 Å². The number of carbonyl (C=O) groups is 2. The van der Waals surface area contributed by atoms with E-state index in [9.17, 15) is 14.0 Å². The number of halogens is 1. The molecule has 2 heterocycles. The largest absolute Gasteiger partial charge is 0.492 e. The Morgan fingerprint density at radius 3 is 2.81 bits per heavy atom. The molecule has 26 heavy (non-hydrogen) atoms. The number of likely N-dealkylation sites (N-methyl/N-ethyl adjacent to an activating group) is 1. The van der Waals surface area contributed by atoms with Crippen LogP contribution in [0.1, 0.15) is 12.2 Å². The summed E-state index contributed by atoms with van der Waals surface area (Å²) < 4.78 is 23.6. The van der Waals surface area contributed by atoms with E-state index in [4.69, 9.17) is 9.15 Å². The summed E-state index contributed by atoms with van der Waals surface area (Å²) in [5.74, 6) is 0.446. The monoisotopic (exact) mass is 360 g/mol. The van der Waals surface area contributed by atoms with Crippen LogP contribution < -0.4 is 4.74 Å². The topological polar surface area (TPSA) is 63.0 Å². The van der Waals surface area contributed by atoms with Crippen molar-refractivity contribution in [2.45, 2.75) is 13.0 Å². The summed E-state index contributed by atoms with van der Waals surface area (Å²) in [6.45, 7) is 1.46. The second-order valence-corrected chi connectivity index (χ2v) is 6.32. The van der Waals surface area contributed by atoms with Gasteiger partial charge in [-0.25, -0.2) is 4.39 Å². The van der Waals surface area contributed by atoms with E-state index in [1.165, 1.54) is 12.1 Å². The summed E-state index contributed by atoms with van der Waals surface area (Å²) in [5.41, 5.74) is 0. The Balaban J connectivity index is 1.46. The van der Waals surface area contributed by atoms with E-state index in [0.717, 1.165) is 0 Å². The lowest BCUT2D eigenvalue weighted by Crippen LogP contribution is -2.37. The zero-order valence-electron chi connectivity index (χ0n) is 14.6. The average molecular weight is 360 g/mol. The second-order valence-electron chi connectivity index (χ2n) is 6.32. The van der Waals surface area contributed by atoms with Gasteiger partial charge in [0.25, 0.3) is 0 Å². The molecule has 0 N–H and O–H groups in total. The molecule has 1 atom stereocenters. The van der Waals surface area contributed by atoms with Gasteiger partial charge < -0.3 is 19.0 Å². The maximum absolute atomic E-state index is 12.9. The summed E-state index contributed by atoms with van der Waals surface area (Å²) in [5, 5.41) is 0. The standard InChI is InChI=1S/C19H21FN2O4/c1-21(8-10-26-16-6-4-15(20)5-7-16)19(24)14-11-18(23)22(12-14)13-17-3-2-9-25-17/h2-7,9,14H,8,10-13H2,1H3/t14-/m1/s1. The number of hydrogen-bond acceptors (Lipinski definition) is 4. The molecule has 2 amide bonds. The number of rotatable bonds is 7. The Morgan fingerprint density at radius 2 is 2.12 bits per heavy atom. The molecule has 0 unspecified atom stereocenters. The van der Waals surface area contributed by atoms with Gasteiger partial charge >= 0.3 is 0 Å². The smallest absolute Gasteiger partial charge is 0.227 e. The third-order valence-electron chi connectivity index (χ3n) is 4.38. The minimum absolute atomic E-state index is 0.0456. The summed E-state index contributed by atoms with van der Waals surface area (Å²) >= 11 is 0. The van der Waals surface area contributed by atoms with E-state index in [1.54, 1.807) is 47.4 Å². The summed E-state index contributed by atoms with van der Waals surface area (Å²) in [4.78, 5) is 27.9. The average Bonchev–Trinajstić information content (AvgIpc) is 3.26. The fourth-order valence-corrected chi connectivity index (χ4v) is 2.93. The van der Waals surface area contributed by atoms with Gasteiger partial charge in [0.1, 0.15) is 23.9 Å². The zero-order chi connectivity index (χ0) is 18.5. The normalized spacial score (nSPS) is 16.8. The van der Waals surface area contributed by atoms with Gasteiger partial charge in [0, 0.05) is 20.0 Å². The number of amides is 2. The third-order valence-corrected chi connectivity index (χ3v) is 4.38.